The fourth-order valence-electron chi connectivity index (χ4n) is 2.25. The van der Waals surface area contributed by atoms with Gasteiger partial charge in [-0.05, 0) is 38.1 Å². The van der Waals surface area contributed by atoms with Crippen LogP contribution in [0.2, 0.25) is 0 Å². The number of carbonyl (C=O) groups is 1. The molecular weight excluding hydrogens is 383 g/mol. The van der Waals surface area contributed by atoms with Gasteiger partial charge in [-0.1, -0.05) is 11.8 Å². The summed E-state index contributed by atoms with van der Waals surface area (Å²) in [6, 6.07) is 4.97. The van der Waals surface area contributed by atoms with Crippen LogP contribution < -0.4 is 10.1 Å². The van der Waals surface area contributed by atoms with E-state index in [0.29, 0.717) is 24.0 Å². The number of hydrogen-bond acceptors (Lipinski definition) is 5. The first-order valence-corrected chi connectivity index (χ1v) is 8.99. The van der Waals surface area contributed by atoms with E-state index >= 15 is 0 Å². The number of ether oxygens (including phenoxy) is 2. The average Bonchev–Trinajstić information content (AvgIpc) is 2.86. The third-order valence-electron chi connectivity index (χ3n) is 3.65. The summed E-state index contributed by atoms with van der Waals surface area (Å²) in [5.74, 6) is -0.522. The summed E-state index contributed by atoms with van der Waals surface area (Å²) >= 11 is 1.28. The number of halogens is 3. The number of rotatable bonds is 8. The van der Waals surface area contributed by atoms with Gasteiger partial charge in [-0.2, -0.15) is 0 Å². The molecule has 2 rings (SSSR count). The van der Waals surface area contributed by atoms with Crippen LogP contribution in [0, 0.1) is 13.8 Å². The third-order valence-corrected chi connectivity index (χ3v) is 4.62. The van der Waals surface area contributed by atoms with Crippen LogP contribution in [0.25, 0.3) is 0 Å². The summed E-state index contributed by atoms with van der Waals surface area (Å²) < 4.78 is 47.3. The second kappa shape index (κ2) is 9.14. The number of amides is 1. The Bertz CT molecular complexity index is 776. The van der Waals surface area contributed by atoms with E-state index in [1.54, 1.807) is 7.11 Å². The largest absolute Gasteiger partial charge is 0.573 e. The number of methoxy groups -OCH3 is 1. The quantitative estimate of drug-likeness (QED) is 0.680. The molecule has 0 aliphatic carbocycles. The fourth-order valence-corrected chi connectivity index (χ4v) is 3.16. The summed E-state index contributed by atoms with van der Waals surface area (Å²) in [4.78, 5) is 16.6. The van der Waals surface area contributed by atoms with Crippen LogP contribution in [-0.2, 0) is 16.1 Å². The van der Waals surface area contributed by atoms with Crippen LogP contribution in [0.15, 0.2) is 29.4 Å². The topological polar surface area (TPSA) is 65.4 Å². The fraction of sp³-hybridized carbons (Fsp3) is 0.412. The van der Waals surface area contributed by atoms with Crippen molar-refractivity contribution in [1.82, 2.24) is 9.55 Å². The highest BCUT2D eigenvalue weighted by atomic mass is 32.2. The van der Waals surface area contributed by atoms with E-state index in [9.17, 15) is 18.0 Å². The number of hydrogen-bond donors (Lipinski definition) is 1. The SMILES string of the molecule is COCCn1c(SCC(=O)Nc2ccc(OC(F)(F)F)cc2)nc(C)c1C. The highest BCUT2D eigenvalue weighted by Crippen LogP contribution is 2.25. The van der Waals surface area contributed by atoms with Crippen LogP contribution in [0.4, 0.5) is 18.9 Å². The molecule has 1 heterocycles. The molecular formula is C17H20F3N3O3S. The van der Waals surface area contributed by atoms with Crippen LogP contribution in [-0.4, -0.2) is 41.3 Å². The molecule has 0 aliphatic rings. The predicted molar refractivity (Wildman–Crippen MR) is 96.1 cm³/mol. The smallest absolute Gasteiger partial charge is 0.406 e. The van der Waals surface area contributed by atoms with Crippen LogP contribution >= 0.6 is 11.8 Å². The maximum Gasteiger partial charge on any atom is 0.573 e. The zero-order chi connectivity index (χ0) is 20.0. The van der Waals surface area contributed by atoms with E-state index < -0.39 is 6.36 Å². The van der Waals surface area contributed by atoms with Gasteiger partial charge < -0.3 is 19.4 Å². The second-order valence-electron chi connectivity index (χ2n) is 5.62. The van der Waals surface area contributed by atoms with E-state index in [4.69, 9.17) is 4.74 Å². The molecule has 0 saturated heterocycles. The summed E-state index contributed by atoms with van der Waals surface area (Å²) in [6.07, 6.45) is -4.75. The lowest BCUT2D eigenvalue weighted by Gasteiger charge is -2.10. The lowest BCUT2D eigenvalue weighted by Crippen LogP contribution is -2.17. The Hall–Kier alpha value is -2.20. The molecule has 1 amide bonds. The lowest BCUT2D eigenvalue weighted by atomic mass is 10.3. The molecule has 1 N–H and O–H groups in total. The number of aromatic nitrogens is 2. The van der Waals surface area contributed by atoms with Gasteiger partial charge in [0.05, 0.1) is 18.1 Å². The van der Waals surface area contributed by atoms with Gasteiger partial charge in [-0.3, -0.25) is 4.79 Å². The molecule has 1 aromatic heterocycles. The number of thioether (sulfide) groups is 1. The first kappa shape index (κ1) is 21.1. The molecule has 0 aliphatic heterocycles. The van der Waals surface area contributed by atoms with Gasteiger partial charge in [0.2, 0.25) is 5.91 Å². The molecule has 10 heteroatoms. The number of benzene rings is 1. The Balaban J connectivity index is 1.92. The van der Waals surface area contributed by atoms with E-state index in [1.807, 2.05) is 18.4 Å². The van der Waals surface area contributed by atoms with Crippen molar-refractivity contribution in [3.05, 3.63) is 35.7 Å². The first-order chi connectivity index (χ1) is 12.7. The maximum atomic E-state index is 12.1. The van der Waals surface area contributed by atoms with E-state index in [0.717, 1.165) is 23.5 Å². The minimum Gasteiger partial charge on any atom is -0.406 e. The molecule has 148 valence electrons. The molecule has 2 aromatic rings. The van der Waals surface area contributed by atoms with Gasteiger partial charge in [0.25, 0.3) is 0 Å². The zero-order valence-electron chi connectivity index (χ0n) is 15.1. The van der Waals surface area contributed by atoms with Crippen LogP contribution in [0.1, 0.15) is 11.4 Å². The summed E-state index contributed by atoms with van der Waals surface area (Å²) in [7, 11) is 1.62. The molecule has 6 nitrogen and oxygen atoms in total. The van der Waals surface area contributed by atoms with Crippen molar-refractivity contribution < 1.29 is 27.4 Å². The number of anilines is 1. The molecule has 0 fully saturated rings. The normalized spacial score (nSPS) is 11.5. The van der Waals surface area contributed by atoms with Gasteiger partial charge in [0.1, 0.15) is 5.75 Å². The third kappa shape index (κ3) is 6.47. The standard InChI is InChI=1S/C17H20F3N3O3S/c1-11-12(2)23(8-9-25-3)16(21-11)27-10-15(24)22-13-4-6-14(7-5-13)26-17(18,19)20/h4-7H,8-10H2,1-3H3,(H,22,24). The summed E-state index contributed by atoms with van der Waals surface area (Å²) in [5, 5.41) is 3.34. The van der Waals surface area contributed by atoms with Crippen molar-refractivity contribution in [3.8, 4) is 5.75 Å². The Labute approximate surface area is 159 Å². The number of alkyl halides is 3. The van der Waals surface area contributed by atoms with Gasteiger partial charge in [0.15, 0.2) is 5.16 Å². The van der Waals surface area contributed by atoms with Gasteiger partial charge in [-0.25, -0.2) is 4.98 Å². The van der Waals surface area contributed by atoms with E-state index in [2.05, 4.69) is 15.0 Å². The van der Waals surface area contributed by atoms with E-state index in [-0.39, 0.29) is 17.4 Å². The summed E-state index contributed by atoms with van der Waals surface area (Å²) in [5.41, 5.74) is 2.27. The van der Waals surface area contributed by atoms with Crippen molar-refractivity contribution in [3.63, 3.8) is 0 Å². The molecule has 1 aromatic carbocycles. The Kier molecular flexibility index (Phi) is 7.14. The van der Waals surface area contributed by atoms with E-state index in [1.165, 1.54) is 23.9 Å². The predicted octanol–water partition coefficient (Wildman–Crippen LogP) is 3.78. The second-order valence-corrected chi connectivity index (χ2v) is 6.56. The summed E-state index contributed by atoms with van der Waals surface area (Å²) in [6.45, 7) is 5.01. The maximum absolute atomic E-state index is 12.1. The van der Waals surface area contributed by atoms with Crippen molar-refractivity contribution in [2.75, 3.05) is 24.8 Å². The number of nitrogens with one attached hydrogen (secondary N) is 1. The molecule has 0 bridgehead atoms. The molecule has 0 unspecified atom stereocenters. The van der Waals surface area contributed by atoms with Crippen molar-refractivity contribution >= 4 is 23.4 Å². The Morgan fingerprint density at radius 1 is 1.26 bits per heavy atom. The van der Waals surface area contributed by atoms with Gasteiger partial charge in [0, 0.05) is 25.0 Å². The number of nitrogens with zero attached hydrogens (tertiary/aromatic N) is 2. The number of carbonyl (C=O) groups excluding carboxylic acids is 1. The zero-order valence-corrected chi connectivity index (χ0v) is 15.9. The molecule has 27 heavy (non-hydrogen) atoms. The first-order valence-electron chi connectivity index (χ1n) is 8.00. The average molecular weight is 403 g/mol. The minimum absolute atomic E-state index is 0.115. The number of imidazole rings is 1. The lowest BCUT2D eigenvalue weighted by molar-refractivity contribution is -0.274. The number of aryl methyl sites for hydroxylation is 1. The van der Waals surface area contributed by atoms with Gasteiger partial charge >= 0.3 is 6.36 Å². The van der Waals surface area contributed by atoms with Gasteiger partial charge in [-0.15, -0.1) is 13.2 Å². The highest BCUT2D eigenvalue weighted by Gasteiger charge is 2.30. The molecule has 0 radical (unpaired) electrons. The molecule has 0 spiro atoms. The minimum atomic E-state index is -4.75. The van der Waals surface area contributed by atoms with Crippen LogP contribution in [0.3, 0.4) is 0 Å². The van der Waals surface area contributed by atoms with Crippen LogP contribution in [0.5, 0.6) is 5.75 Å². The highest BCUT2D eigenvalue weighted by molar-refractivity contribution is 7.99. The monoisotopic (exact) mass is 403 g/mol. The Morgan fingerprint density at radius 3 is 2.52 bits per heavy atom. The van der Waals surface area contributed by atoms with Crippen molar-refractivity contribution in [2.45, 2.75) is 31.9 Å². The van der Waals surface area contributed by atoms with Crippen molar-refractivity contribution in [2.24, 2.45) is 0 Å². The molecule has 0 atom stereocenters. The molecule has 0 saturated carbocycles. The Morgan fingerprint density at radius 2 is 1.93 bits per heavy atom. The van der Waals surface area contributed by atoms with Crippen molar-refractivity contribution in [1.29, 1.82) is 0 Å².